The molecule has 2 heterocycles. The summed E-state index contributed by atoms with van der Waals surface area (Å²) in [7, 11) is 0. The molecule has 94 valence electrons. The van der Waals surface area contributed by atoms with Gasteiger partial charge in [0.1, 0.15) is 0 Å². The van der Waals surface area contributed by atoms with E-state index < -0.39 is 11.7 Å². The molecule has 1 aromatic heterocycles. The number of nitrogens with zero attached hydrogens (tertiary/aromatic N) is 2. The number of alkyl halides is 3. The minimum Gasteiger partial charge on any atom is -0.368 e. The first-order valence-electron chi connectivity index (χ1n) is 5.34. The Labute approximate surface area is 97.4 Å². The van der Waals surface area contributed by atoms with Crippen LogP contribution in [0.15, 0.2) is 18.5 Å². The first-order chi connectivity index (χ1) is 7.78. The van der Waals surface area contributed by atoms with Gasteiger partial charge in [0.2, 0.25) is 0 Å². The van der Waals surface area contributed by atoms with Gasteiger partial charge < -0.3 is 10.6 Å². The largest absolute Gasteiger partial charge is 0.417 e. The summed E-state index contributed by atoms with van der Waals surface area (Å²) < 4.78 is 37.6. The molecule has 0 amide bonds. The Morgan fingerprint density at radius 1 is 1.41 bits per heavy atom. The summed E-state index contributed by atoms with van der Waals surface area (Å²) in [5.74, 6) is 0. The van der Waals surface area contributed by atoms with Crippen molar-refractivity contribution in [2.24, 2.45) is 5.73 Å². The molecule has 1 atom stereocenters. The molecule has 0 saturated carbocycles. The fraction of sp³-hybridized carbons (Fsp3) is 0.545. The maximum absolute atomic E-state index is 12.5. The molecule has 0 aliphatic carbocycles. The van der Waals surface area contributed by atoms with Gasteiger partial charge in [-0.05, 0) is 19.4 Å². The van der Waals surface area contributed by atoms with Crippen LogP contribution >= 0.6 is 0 Å². The van der Waals surface area contributed by atoms with Gasteiger partial charge in [0.05, 0.1) is 17.4 Å². The Kier molecular flexibility index (Phi) is 2.77. The molecule has 0 spiro atoms. The molecule has 2 rings (SSSR count). The van der Waals surface area contributed by atoms with Gasteiger partial charge >= 0.3 is 6.18 Å². The summed E-state index contributed by atoms with van der Waals surface area (Å²) in [6, 6.07) is 1.12. The molecule has 17 heavy (non-hydrogen) atoms. The highest BCUT2D eigenvalue weighted by Gasteiger charge is 2.33. The second-order valence-electron chi connectivity index (χ2n) is 4.76. The van der Waals surface area contributed by atoms with E-state index in [1.54, 1.807) is 0 Å². The van der Waals surface area contributed by atoms with E-state index in [4.69, 9.17) is 5.73 Å². The molecule has 1 saturated heterocycles. The van der Waals surface area contributed by atoms with Crippen LogP contribution in [-0.4, -0.2) is 23.6 Å². The van der Waals surface area contributed by atoms with Crippen molar-refractivity contribution in [3.05, 3.63) is 24.0 Å². The van der Waals surface area contributed by atoms with Crippen molar-refractivity contribution < 1.29 is 13.2 Å². The van der Waals surface area contributed by atoms with E-state index in [2.05, 4.69) is 4.98 Å². The fourth-order valence-electron chi connectivity index (χ4n) is 1.96. The van der Waals surface area contributed by atoms with E-state index in [9.17, 15) is 13.2 Å². The summed E-state index contributed by atoms with van der Waals surface area (Å²) in [4.78, 5) is 5.48. The third kappa shape index (κ3) is 2.69. The van der Waals surface area contributed by atoms with Gasteiger partial charge in [-0.3, -0.25) is 4.98 Å². The maximum Gasteiger partial charge on any atom is 0.417 e. The van der Waals surface area contributed by atoms with Crippen molar-refractivity contribution in [1.82, 2.24) is 4.98 Å². The number of hydrogen-bond donors (Lipinski definition) is 1. The minimum atomic E-state index is -4.35. The Bertz CT molecular complexity index is 415. The highest BCUT2D eigenvalue weighted by Crippen LogP contribution is 2.32. The summed E-state index contributed by atoms with van der Waals surface area (Å²) >= 11 is 0. The average Bonchev–Trinajstić information content (AvgIpc) is 2.58. The van der Waals surface area contributed by atoms with E-state index >= 15 is 0 Å². The zero-order chi connectivity index (χ0) is 12.7. The van der Waals surface area contributed by atoms with Gasteiger partial charge in [0, 0.05) is 24.8 Å². The number of rotatable bonds is 1. The van der Waals surface area contributed by atoms with Crippen molar-refractivity contribution >= 4 is 5.69 Å². The van der Waals surface area contributed by atoms with Crippen LogP contribution in [0.4, 0.5) is 18.9 Å². The van der Waals surface area contributed by atoms with Gasteiger partial charge in [-0.2, -0.15) is 13.2 Å². The van der Waals surface area contributed by atoms with Gasteiger partial charge in [-0.1, -0.05) is 0 Å². The lowest BCUT2D eigenvalue weighted by Crippen LogP contribution is -2.39. The molecular weight excluding hydrogens is 231 g/mol. The number of hydrogen-bond acceptors (Lipinski definition) is 3. The zero-order valence-electron chi connectivity index (χ0n) is 9.46. The van der Waals surface area contributed by atoms with Crippen LogP contribution < -0.4 is 10.6 Å². The molecular formula is C11H14F3N3. The second-order valence-corrected chi connectivity index (χ2v) is 4.76. The third-order valence-corrected chi connectivity index (χ3v) is 2.92. The van der Waals surface area contributed by atoms with Crippen LogP contribution in [0, 0.1) is 0 Å². The summed E-state index contributed by atoms with van der Waals surface area (Å²) in [5, 5.41) is 0. The summed E-state index contributed by atoms with van der Waals surface area (Å²) in [5.41, 5.74) is 5.36. The van der Waals surface area contributed by atoms with Crippen LogP contribution in [0.5, 0.6) is 0 Å². The molecule has 6 heteroatoms. The first kappa shape index (κ1) is 12.2. The number of pyridine rings is 1. The normalized spacial score (nSPS) is 25.4. The predicted octanol–water partition coefficient (Wildman–Crippen LogP) is 2.03. The van der Waals surface area contributed by atoms with Crippen LogP contribution in [0.2, 0.25) is 0 Å². The Morgan fingerprint density at radius 3 is 2.65 bits per heavy atom. The molecule has 1 fully saturated rings. The van der Waals surface area contributed by atoms with Crippen LogP contribution in [0.3, 0.4) is 0 Å². The molecule has 1 aliphatic heterocycles. The van der Waals surface area contributed by atoms with Gasteiger partial charge in [-0.25, -0.2) is 0 Å². The topological polar surface area (TPSA) is 42.1 Å². The smallest absolute Gasteiger partial charge is 0.368 e. The van der Waals surface area contributed by atoms with Crippen molar-refractivity contribution in [2.75, 3.05) is 18.0 Å². The predicted molar refractivity (Wildman–Crippen MR) is 58.7 cm³/mol. The van der Waals surface area contributed by atoms with Crippen LogP contribution in [-0.2, 0) is 6.18 Å². The molecule has 3 nitrogen and oxygen atoms in total. The molecule has 0 radical (unpaired) electrons. The average molecular weight is 245 g/mol. The minimum absolute atomic E-state index is 0.339. The number of halogens is 3. The van der Waals surface area contributed by atoms with Crippen LogP contribution in [0.1, 0.15) is 18.9 Å². The standard InChI is InChI=1S/C11H14F3N3/c1-10(15)2-3-17(7-10)9-4-8(5-16-6-9)11(12,13)14/h4-6H,2-3,7,15H2,1H3/t10-/m1/s1. The van der Waals surface area contributed by atoms with Crippen LogP contribution in [0.25, 0.3) is 0 Å². The molecule has 1 aromatic rings. The van der Waals surface area contributed by atoms with E-state index in [0.29, 0.717) is 18.8 Å². The first-order valence-corrected chi connectivity index (χ1v) is 5.34. The third-order valence-electron chi connectivity index (χ3n) is 2.92. The van der Waals surface area contributed by atoms with E-state index in [-0.39, 0.29) is 5.54 Å². The summed E-state index contributed by atoms with van der Waals surface area (Å²) in [6.45, 7) is 3.11. The molecule has 1 aliphatic rings. The van der Waals surface area contributed by atoms with Gasteiger partial charge in [0.25, 0.3) is 0 Å². The SMILES string of the molecule is C[C@@]1(N)CCN(c2cncc(C(F)(F)F)c2)C1. The monoisotopic (exact) mass is 245 g/mol. The zero-order valence-corrected chi connectivity index (χ0v) is 9.46. The lowest BCUT2D eigenvalue weighted by molar-refractivity contribution is -0.137. The number of nitrogens with two attached hydrogens (primary N) is 1. The van der Waals surface area contributed by atoms with Crippen molar-refractivity contribution in [2.45, 2.75) is 25.1 Å². The highest BCUT2D eigenvalue weighted by molar-refractivity contribution is 5.48. The van der Waals surface area contributed by atoms with Crippen molar-refractivity contribution in [3.8, 4) is 0 Å². The highest BCUT2D eigenvalue weighted by atomic mass is 19.4. The summed E-state index contributed by atoms with van der Waals surface area (Å²) in [6.07, 6.45) is -1.31. The second kappa shape index (κ2) is 3.87. The van der Waals surface area contributed by atoms with Crippen molar-refractivity contribution in [1.29, 1.82) is 0 Å². The van der Waals surface area contributed by atoms with E-state index in [1.165, 1.54) is 6.20 Å². The fourth-order valence-corrected chi connectivity index (χ4v) is 1.96. The molecule has 0 unspecified atom stereocenters. The van der Waals surface area contributed by atoms with E-state index in [1.807, 2.05) is 11.8 Å². The van der Waals surface area contributed by atoms with Gasteiger partial charge in [0.15, 0.2) is 0 Å². The lowest BCUT2D eigenvalue weighted by atomic mass is 10.0. The Hall–Kier alpha value is -1.30. The molecule has 2 N–H and O–H groups in total. The maximum atomic E-state index is 12.5. The van der Waals surface area contributed by atoms with Gasteiger partial charge in [-0.15, -0.1) is 0 Å². The van der Waals surface area contributed by atoms with E-state index in [0.717, 1.165) is 18.7 Å². The lowest BCUT2D eigenvalue weighted by Gasteiger charge is -2.21. The Morgan fingerprint density at radius 2 is 2.12 bits per heavy atom. The number of anilines is 1. The quantitative estimate of drug-likeness (QED) is 0.823. The molecule has 0 aromatic carbocycles. The molecule has 0 bridgehead atoms. The Balaban J connectivity index is 2.23. The van der Waals surface area contributed by atoms with Crippen molar-refractivity contribution in [3.63, 3.8) is 0 Å². The number of aromatic nitrogens is 1.